The Labute approximate surface area is 108 Å². The van der Waals surface area contributed by atoms with Crippen LogP contribution in [0.4, 0.5) is 6.01 Å². The minimum absolute atomic E-state index is 0.187. The van der Waals surface area contributed by atoms with E-state index >= 15 is 0 Å². The number of fused-ring (bicyclic) bond motifs is 1. The molecule has 100 valence electrons. The summed E-state index contributed by atoms with van der Waals surface area (Å²) in [5.74, 6) is -0.187. The molecule has 0 aliphatic heterocycles. The summed E-state index contributed by atoms with van der Waals surface area (Å²) in [5.41, 5.74) is 2.55. The summed E-state index contributed by atoms with van der Waals surface area (Å²) >= 11 is 0. The van der Waals surface area contributed by atoms with E-state index in [-0.39, 0.29) is 11.9 Å². The van der Waals surface area contributed by atoms with Crippen LogP contribution < -0.4 is 5.32 Å². The van der Waals surface area contributed by atoms with Crippen molar-refractivity contribution in [3.05, 3.63) is 23.8 Å². The number of hydrogen-bond acceptors (Lipinski definition) is 3. The molecule has 0 atom stereocenters. The number of anilines is 1. The zero-order valence-electron chi connectivity index (χ0n) is 12.0. The van der Waals surface area contributed by atoms with Crippen LogP contribution in [0.25, 0.3) is 11.1 Å². The lowest BCUT2D eigenvalue weighted by Gasteiger charge is -1.90. The Morgan fingerprint density at radius 3 is 2.39 bits per heavy atom. The molecule has 4 nitrogen and oxygen atoms in total. The SMILES string of the molecule is CC.CC.CC(=O)Nc1nc2cc(C)ccc2o1. The maximum absolute atomic E-state index is 10.7. The van der Waals surface area contributed by atoms with E-state index in [1.807, 2.05) is 52.8 Å². The summed E-state index contributed by atoms with van der Waals surface area (Å²) in [6.45, 7) is 11.4. The number of oxazole rings is 1. The molecular formula is C14H22N2O2. The van der Waals surface area contributed by atoms with Crippen molar-refractivity contribution < 1.29 is 9.21 Å². The van der Waals surface area contributed by atoms with E-state index in [2.05, 4.69) is 10.3 Å². The summed E-state index contributed by atoms with van der Waals surface area (Å²) in [6, 6.07) is 5.93. The van der Waals surface area contributed by atoms with Gasteiger partial charge in [0.05, 0.1) is 0 Å². The second-order valence-corrected chi connectivity index (χ2v) is 3.17. The van der Waals surface area contributed by atoms with E-state index in [0.717, 1.165) is 11.1 Å². The van der Waals surface area contributed by atoms with Crippen LogP contribution in [0.5, 0.6) is 0 Å². The Hall–Kier alpha value is -1.84. The highest BCUT2D eigenvalue weighted by Crippen LogP contribution is 2.19. The lowest BCUT2D eigenvalue weighted by atomic mass is 10.2. The average molecular weight is 250 g/mol. The molecule has 0 unspecified atom stereocenters. The molecule has 0 aliphatic carbocycles. The first kappa shape index (κ1) is 16.2. The molecule has 1 N–H and O–H groups in total. The number of benzene rings is 1. The number of carbonyl (C=O) groups excluding carboxylic acids is 1. The molecule has 1 heterocycles. The first-order valence-electron chi connectivity index (χ1n) is 6.30. The highest BCUT2D eigenvalue weighted by atomic mass is 16.4. The van der Waals surface area contributed by atoms with Crippen molar-refractivity contribution in [2.24, 2.45) is 0 Å². The zero-order chi connectivity index (χ0) is 14.1. The normalized spacial score (nSPS) is 8.78. The molecule has 4 heteroatoms. The monoisotopic (exact) mass is 250 g/mol. The molecule has 0 aliphatic rings. The van der Waals surface area contributed by atoms with E-state index in [4.69, 9.17) is 4.42 Å². The van der Waals surface area contributed by atoms with Gasteiger partial charge < -0.3 is 4.42 Å². The fraction of sp³-hybridized carbons (Fsp3) is 0.429. The van der Waals surface area contributed by atoms with Crippen molar-refractivity contribution >= 4 is 23.0 Å². The van der Waals surface area contributed by atoms with Gasteiger partial charge in [-0.2, -0.15) is 4.98 Å². The van der Waals surface area contributed by atoms with Crippen LogP contribution in [-0.2, 0) is 4.79 Å². The Bertz CT molecular complexity index is 489. The third-order valence-electron chi connectivity index (χ3n) is 1.83. The van der Waals surface area contributed by atoms with Crippen LogP contribution >= 0.6 is 0 Å². The summed E-state index contributed by atoms with van der Waals surface area (Å²) in [5, 5.41) is 2.50. The number of rotatable bonds is 1. The molecule has 18 heavy (non-hydrogen) atoms. The molecule has 2 aromatic rings. The van der Waals surface area contributed by atoms with Crippen molar-refractivity contribution in [3.63, 3.8) is 0 Å². The lowest BCUT2D eigenvalue weighted by Crippen LogP contribution is -2.05. The van der Waals surface area contributed by atoms with Gasteiger partial charge in [-0.1, -0.05) is 33.8 Å². The number of aryl methyl sites for hydroxylation is 1. The van der Waals surface area contributed by atoms with Gasteiger partial charge in [0.25, 0.3) is 0 Å². The maximum atomic E-state index is 10.7. The number of carbonyl (C=O) groups is 1. The van der Waals surface area contributed by atoms with Gasteiger partial charge in [-0.05, 0) is 24.6 Å². The quantitative estimate of drug-likeness (QED) is 0.827. The molecule has 0 fully saturated rings. The summed E-state index contributed by atoms with van der Waals surface area (Å²) < 4.78 is 5.29. The van der Waals surface area contributed by atoms with E-state index in [1.54, 1.807) is 0 Å². The highest BCUT2D eigenvalue weighted by molar-refractivity contribution is 5.88. The van der Waals surface area contributed by atoms with Crippen molar-refractivity contribution in [1.82, 2.24) is 4.98 Å². The molecule has 0 radical (unpaired) electrons. The Morgan fingerprint density at radius 1 is 1.22 bits per heavy atom. The average Bonchev–Trinajstić information content (AvgIpc) is 2.74. The predicted molar refractivity (Wildman–Crippen MR) is 75.7 cm³/mol. The summed E-state index contributed by atoms with van der Waals surface area (Å²) in [4.78, 5) is 14.9. The minimum atomic E-state index is -0.187. The number of aromatic nitrogens is 1. The maximum Gasteiger partial charge on any atom is 0.302 e. The van der Waals surface area contributed by atoms with E-state index in [1.165, 1.54) is 6.92 Å². The fourth-order valence-electron chi connectivity index (χ4n) is 1.24. The van der Waals surface area contributed by atoms with Crippen molar-refractivity contribution in [3.8, 4) is 0 Å². The number of hydrogen-bond donors (Lipinski definition) is 1. The highest BCUT2D eigenvalue weighted by Gasteiger charge is 2.05. The van der Waals surface area contributed by atoms with Gasteiger partial charge in [0, 0.05) is 6.92 Å². The summed E-state index contributed by atoms with van der Waals surface area (Å²) in [7, 11) is 0. The summed E-state index contributed by atoms with van der Waals surface area (Å²) in [6.07, 6.45) is 0. The number of amides is 1. The molecule has 1 aromatic heterocycles. The van der Waals surface area contributed by atoms with Gasteiger partial charge in [0.2, 0.25) is 5.91 Å². The Balaban J connectivity index is 0.000000659. The standard InChI is InChI=1S/C10H10N2O2.2C2H6/c1-6-3-4-9-8(5-6)12-10(14-9)11-7(2)13;2*1-2/h3-5H,1-2H3,(H,11,12,13);2*1-2H3. The third-order valence-corrected chi connectivity index (χ3v) is 1.83. The second-order valence-electron chi connectivity index (χ2n) is 3.17. The van der Waals surface area contributed by atoms with Gasteiger partial charge in [-0.15, -0.1) is 0 Å². The van der Waals surface area contributed by atoms with Crippen LogP contribution in [-0.4, -0.2) is 10.9 Å². The predicted octanol–water partition coefficient (Wildman–Crippen LogP) is 4.15. The fourth-order valence-corrected chi connectivity index (χ4v) is 1.24. The molecular weight excluding hydrogens is 228 g/mol. The molecule has 2 rings (SSSR count). The van der Waals surface area contributed by atoms with E-state index in [0.29, 0.717) is 5.58 Å². The van der Waals surface area contributed by atoms with Crippen molar-refractivity contribution in [1.29, 1.82) is 0 Å². The molecule has 1 aromatic carbocycles. The van der Waals surface area contributed by atoms with Crippen molar-refractivity contribution in [2.45, 2.75) is 41.5 Å². The van der Waals surface area contributed by atoms with Gasteiger partial charge in [0.15, 0.2) is 5.58 Å². The minimum Gasteiger partial charge on any atom is -0.423 e. The van der Waals surface area contributed by atoms with Crippen molar-refractivity contribution in [2.75, 3.05) is 5.32 Å². The first-order chi connectivity index (χ1) is 8.65. The largest absolute Gasteiger partial charge is 0.423 e. The van der Waals surface area contributed by atoms with Crippen LogP contribution in [0.2, 0.25) is 0 Å². The van der Waals surface area contributed by atoms with E-state index in [9.17, 15) is 4.79 Å². The molecule has 0 bridgehead atoms. The van der Waals surface area contributed by atoms with Crippen LogP contribution in [0, 0.1) is 6.92 Å². The Morgan fingerprint density at radius 2 is 1.83 bits per heavy atom. The smallest absolute Gasteiger partial charge is 0.302 e. The first-order valence-corrected chi connectivity index (χ1v) is 6.30. The Kier molecular flexibility index (Phi) is 7.43. The lowest BCUT2D eigenvalue weighted by molar-refractivity contribution is -0.114. The van der Waals surface area contributed by atoms with Gasteiger partial charge >= 0.3 is 6.01 Å². The van der Waals surface area contributed by atoms with Crippen LogP contribution in [0.15, 0.2) is 22.6 Å². The third kappa shape index (κ3) is 4.57. The number of nitrogens with zero attached hydrogens (tertiary/aromatic N) is 1. The molecule has 0 saturated carbocycles. The van der Waals surface area contributed by atoms with Gasteiger partial charge in [-0.25, -0.2) is 0 Å². The van der Waals surface area contributed by atoms with Crippen LogP contribution in [0.1, 0.15) is 40.2 Å². The molecule has 0 spiro atoms. The van der Waals surface area contributed by atoms with Gasteiger partial charge in [0.1, 0.15) is 5.52 Å². The topological polar surface area (TPSA) is 55.1 Å². The zero-order valence-corrected chi connectivity index (χ0v) is 12.0. The van der Waals surface area contributed by atoms with Gasteiger partial charge in [-0.3, -0.25) is 10.1 Å². The molecule has 1 amide bonds. The van der Waals surface area contributed by atoms with Crippen LogP contribution in [0.3, 0.4) is 0 Å². The second kappa shape index (κ2) is 8.28. The number of nitrogens with one attached hydrogen (secondary N) is 1. The molecule has 0 saturated heterocycles. The van der Waals surface area contributed by atoms with E-state index < -0.39 is 0 Å².